The van der Waals surface area contributed by atoms with Crippen LogP contribution in [0, 0.1) is 6.92 Å². The molecule has 0 bridgehead atoms. The van der Waals surface area contributed by atoms with Gasteiger partial charge in [0.2, 0.25) is 0 Å². The predicted molar refractivity (Wildman–Crippen MR) is 103 cm³/mol. The number of ether oxygens (including phenoxy) is 4. The van der Waals surface area contributed by atoms with E-state index < -0.39 is 17.7 Å². The van der Waals surface area contributed by atoms with Crippen LogP contribution in [0.5, 0.6) is 11.5 Å². The minimum atomic E-state index is -1.27. The Hall–Kier alpha value is -3.28. The number of esters is 2. The molecule has 0 amide bonds. The van der Waals surface area contributed by atoms with Crippen molar-refractivity contribution in [3.8, 4) is 11.5 Å². The van der Waals surface area contributed by atoms with E-state index in [0.29, 0.717) is 23.7 Å². The average molecular weight is 382 g/mol. The summed E-state index contributed by atoms with van der Waals surface area (Å²) in [5, 5.41) is 0. The normalized spacial score (nSPS) is 15.5. The van der Waals surface area contributed by atoms with E-state index in [2.05, 4.69) is 0 Å². The van der Waals surface area contributed by atoms with Crippen LogP contribution in [0.3, 0.4) is 0 Å². The minimum Gasteiger partial charge on any atom is -0.493 e. The molecule has 28 heavy (non-hydrogen) atoms. The summed E-state index contributed by atoms with van der Waals surface area (Å²) < 4.78 is 21.6. The lowest BCUT2D eigenvalue weighted by Gasteiger charge is -2.29. The quantitative estimate of drug-likeness (QED) is 0.445. The molecule has 1 heterocycles. The Kier molecular flexibility index (Phi) is 5.40. The highest BCUT2D eigenvalue weighted by atomic mass is 16.7. The van der Waals surface area contributed by atoms with E-state index in [-0.39, 0.29) is 5.57 Å². The third kappa shape index (κ3) is 4.34. The fourth-order valence-corrected chi connectivity index (χ4v) is 2.77. The van der Waals surface area contributed by atoms with E-state index in [0.717, 1.165) is 11.1 Å². The summed E-state index contributed by atoms with van der Waals surface area (Å²) in [6.45, 7) is 5.22. The summed E-state index contributed by atoms with van der Waals surface area (Å²) in [5.74, 6) is -1.65. The van der Waals surface area contributed by atoms with Crippen LogP contribution in [0.2, 0.25) is 0 Å². The van der Waals surface area contributed by atoms with Crippen LogP contribution in [0.25, 0.3) is 6.08 Å². The van der Waals surface area contributed by atoms with E-state index in [1.165, 1.54) is 19.9 Å². The molecular formula is C22H22O6. The zero-order valence-corrected chi connectivity index (χ0v) is 16.3. The van der Waals surface area contributed by atoms with Gasteiger partial charge in [-0.1, -0.05) is 30.3 Å². The van der Waals surface area contributed by atoms with Gasteiger partial charge in [0.15, 0.2) is 11.5 Å². The van der Waals surface area contributed by atoms with Crippen molar-refractivity contribution in [2.75, 3.05) is 7.11 Å². The van der Waals surface area contributed by atoms with E-state index in [1.54, 1.807) is 19.2 Å². The molecule has 0 saturated carbocycles. The van der Waals surface area contributed by atoms with Gasteiger partial charge in [0.1, 0.15) is 12.2 Å². The second-order valence-electron chi connectivity index (χ2n) is 6.87. The number of benzene rings is 2. The Morgan fingerprint density at radius 1 is 1.00 bits per heavy atom. The third-order valence-electron chi connectivity index (χ3n) is 4.21. The lowest BCUT2D eigenvalue weighted by molar-refractivity contribution is -0.222. The molecule has 2 aromatic carbocycles. The second-order valence-corrected chi connectivity index (χ2v) is 6.87. The van der Waals surface area contributed by atoms with Crippen molar-refractivity contribution in [1.29, 1.82) is 0 Å². The first-order valence-corrected chi connectivity index (χ1v) is 8.83. The maximum Gasteiger partial charge on any atom is 0.348 e. The van der Waals surface area contributed by atoms with Gasteiger partial charge >= 0.3 is 11.9 Å². The zero-order valence-electron chi connectivity index (χ0n) is 16.3. The lowest BCUT2D eigenvalue weighted by atomic mass is 10.0. The fraction of sp³-hybridized carbons (Fsp3) is 0.273. The summed E-state index contributed by atoms with van der Waals surface area (Å²) in [6.07, 6.45) is 1.45. The van der Waals surface area contributed by atoms with Crippen LogP contribution < -0.4 is 9.47 Å². The SMILES string of the molecule is COc1cc(C)c(C=C2C(=O)OC(C)(C)OC2=O)cc1OCc1ccccc1. The van der Waals surface area contributed by atoms with E-state index in [4.69, 9.17) is 18.9 Å². The molecule has 3 rings (SSSR count). The molecule has 6 nitrogen and oxygen atoms in total. The number of methoxy groups -OCH3 is 1. The molecule has 0 unspecified atom stereocenters. The molecule has 1 fully saturated rings. The lowest BCUT2D eigenvalue weighted by Crippen LogP contribution is -2.41. The van der Waals surface area contributed by atoms with E-state index in [9.17, 15) is 9.59 Å². The number of carbonyl (C=O) groups excluding carboxylic acids is 2. The number of cyclic esters (lactones) is 2. The second kappa shape index (κ2) is 7.76. The summed E-state index contributed by atoms with van der Waals surface area (Å²) >= 11 is 0. The molecule has 0 atom stereocenters. The summed E-state index contributed by atoms with van der Waals surface area (Å²) in [5.41, 5.74) is 2.28. The number of aryl methyl sites for hydroxylation is 1. The van der Waals surface area contributed by atoms with Crippen molar-refractivity contribution >= 4 is 18.0 Å². The molecule has 0 radical (unpaired) electrons. The molecular weight excluding hydrogens is 360 g/mol. The molecule has 0 aliphatic carbocycles. The molecule has 2 aromatic rings. The minimum absolute atomic E-state index is 0.165. The van der Waals surface area contributed by atoms with Crippen LogP contribution in [-0.2, 0) is 25.7 Å². The van der Waals surface area contributed by atoms with Gasteiger partial charge in [0, 0.05) is 13.8 Å². The largest absolute Gasteiger partial charge is 0.493 e. The zero-order chi connectivity index (χ0) is 20.3. The number of rotatable bonds is 5. The van der Waals surface area contributed by atoms with Gasteiger partial charge in [-0.15, -0.1) is 0 Å². The van der Waals surface area contributed by atoms with Crippen LogP contribution in [0.15, 0.2) is 48.0 Å². The Labute approximate surface area is 163 Å². The predicted octanol–water partition coefficient (Wildman–Crippen LogP) is 3.80. The van der Waals surface area contributed by atoms with Gasteiger partial charge in [-0.2, -0.15) is 0 Å². The Balaban J connectivity index is 1.91. The highest BCUT2D eigenvalue weighted by molar-refractivity contribution is 6.19. The molecule has 6 heteroatoms. The van der Waals surface area contributed by atoms with E-state index in [1.807, 2.05) is 37.3 Å². The number of hydrogen-bond acceptors (Lipinski definition) is 6. The highest BCUT2D eigenvalue weighted by Crippen LogP contribution is 2.33. The maximum absolute atomic E-state index is 12.2. The van der Waals surface area contributed by atoms with Gasteiger partial charge in [0.25, 0.3) is 5.79 Å². The topological polar surface area (TPSA) is 71.1 Å². The van der Waals surface area contributed by atoms with Crippen molar-refractivity contribution in [1.82, 2.24) is 0 Å². The Morgan fingerprint density at radius 2 is 1.64 bits per heavy atom. The first-order valence-electron chi connectivity index (χ1n) is 8.83. The van der Waals surface area contributed by atoms with Gasteiger partial charge in [-0.05, 0) is 41.8 Å². The monoisotopic (exact) mass is 382 g/mol. The molecule has 0 N–H and O–H groups in total. The van der Waals surface area contributed by atoms with E-state index >= 15 is 0 Å². The van der Waals surface area contributed by atoms with Gasteiger partial charge < -0.3 is 18.9 Å². The van der Waals surface area contributed by atoms with Crippen molar-refractivity contribution in [2.24, 2.45) is 0 Å². The smallest absolute Gasteiger partial charge is 0.348 e. The third-order valence-corrected chi connectivity index (χ3v) is 4.21. The standard InChI is InChI=1S/C22H22O6/c1-14-10-18(25-4)19(26-13-15-8-6-5-7-9-15)12-16(14)11-17-20(23)27-22(2,3)28-21(17)24/h5-12H,13H2,1-4H3. The molecule has 1 saturated heterocycles. The summed E-state index contributed by atoms with van der Waals surface area (Å²) in [7, 11) is 1.56. The van der Waals surface area contributed by atoms with Crippen molar-refractivity contribution in [3.63, 3.8) is 0 Å². The Bertz CT molecular complexity index is 906. The van der Waals surface area contributed by atoms with Gasteiger partial charge in [-0.3, -0.25) is 0 Å². The highest BCUT2D eigenvalue weighted by Gasteiger charge is 2.38. The van der Waals surface area contributed by atoms with Crippen LogP contribution >= 0.6 is 0 Å². The van der Waals surface area contributed by atoms with Gasteiger partial charge in [-0.25, -0.2) is 9.59 Å². The maximum atomic E-state index is 12.2. The van der Waals surface area contributed by atoms with Crippen molar-refractivity contribution in [3.05, 3.63) is 64.7 Å². The fourth-order valence-electron chi connectivity index (χ4n) is 2.77. The number of carbonyl (C=O) groups is 2. The van der Waals surface area contributed by atoms with Crippen molar-refractivity contribution < 1.29 is 28.5 Å². The molecule has 0 spiro atoms. The summed E-state index contributed by atoms with van der Waals surface area (Å²) in [4.78, 5) is 24.4. The van der Waals surface area contributed by atoms with Crippen molar-refractivity contribution in [2.45, 2.75) is 33.2 Å². The first-order chi connectivity index (χ1) is 13.3. The molecule has 0 aromatic heterocycles. The van der Waals surface area contributed by atoms with Gasteiger partial charge in [0.05, 0.1) is 7.11 Å². The first kappa shape index (κ1) is 19.5. The van der Waals surface area contributed by atoms with Crippen LogP contribution in [-0.4, -0.2) is 24.8 Å². The van der Waals surface area contributed by atoms with Crippen LogP contribution in [0.1, 0.15) is 30.5 Å². The molecule has 1 aliphatic rings. The molecule has 146 valence electrons. The number of hydrogen-bond donors (Lipinski definition) is 0. The summed E-state index contributed by atoms with van der Waals surface area (Å²) in [6, 6.07) is 13.2. The molecule has 1 aliphatic heterocycles. The average Bonchev–Trinajstić information content (AvgIpc) is 2.64. The van der Waals surface area contributed by atoms with Crippen LogP contribution in [0.4, 0.5) is 0 Å². The Morgan fingerprint density at radius 3 is 2.25 bits per heavy atom.